The third kappa shape index (κ3) is 2.56. The molecule has 0 aliphatic carbocycles. The number of halogens is 3. The summed E-state index contributed by atoms with van der Waals surface area (Å²) in [6.45, 7) is -0.333. The van der Waals surface area contributed by atoms with E-state index in [2.05, 4.69) is 0 Å². The summed E-state index contributed by atoms with van der Waals surface area (Å²) in [5.41, 5.74) is -0.932. The highest BCUT2D eigenvalue weighted by Crippen LogP contribution is 2.37. The maximum absolute atomic E-state index is 12.2. The van der Waals surface area contributed by atoms with Crippen LogP contribution in [0.3, 0.4) is 0 Å². The Hall–Kier alpha value is -0.140. The van der Waals surface area contributed by atoms with Crippen LogP contribution in [-0.4, -0.2) is 63.6 Å². The molecule has 2 aliphatic rings. The van der Waals surface area contributed by atoms with E-state index in [0.717, 1.165) is 0 Å². The van der Waals surface area contributed by atoms with Crippen molar-refractivity contribution in [3.05, 3.63) is 0 Å². The lowest BCUT2D eigenvalue weighted by Crippen LogP contribution is -2.67. The second kappa shape index (κ2) is 5.00. The summed E-state index contributed by atoms with van der Waals surface area (Å²) >= 11 is -3.40. The highest BCUT2D eigenvalue weighted by Gasteiger charge is 2.61. The number of aliphatic hydroxyl groups excluding tert-OH is 2. The van der Waals surface area contributed by atoms with Gasteiger partial charge in [0.2, 0.25) is 0 Å². The van der Waals surface area contributed by atoms with Gasteiger partial charge in [-0.3, -0.25) is 0 Å². The number of aliphatic hydroxyl groups is 2. The van der Waals surface area contributed by atoms with E-state index in [-0.39, 0.29) is 13.2 Å². The number of hydrogen-bond donors (Lipinski definition) is 4. The summed E-state index contributed by atoms with van der Waals surface area (Å²) in [4.78, 5) is 0. The molecule has 2 saturated heterocycles. The number of alkyl halides is 3. The van der Waals surface area contributed by atoms with E-state index < -0.39 is 47.0 Å². The molecule has 2 fully saturated rings. The van der Waals surface area contributed by atoms with E-state index in [4.69, 9.17) is 15.2 Å². The van der Waals surface area contributed by atoms with E-state index in [1.165, 1.54) is 0 Å². The molecule has 2 rings (SSSR count). The van der Waals surface area contributed by atoms with Crippen LogP contribution in [0.5, 0.6) is 0 Å². The molecule has 7 nitrogen and oxygen atoms in total. The minimum absolute atomic E-state index is 0.163. The lowest BCUT2D eigenvalue weighted by molar-refractivity contribution is -0.218. The van der Waals surface area contributed by atoms with Crippen LogP contribution in [0, 0.1) is 0 Å². The van der Waals surface area contributed by atoms with Crippen LogP contribution in [0.15, 0.2) is 0 Å². The Labute approximate surface area is 109 Å². The summed E-state index contributed by atoms with van der Waals surface area (Å²) in [5, 5.41) is 19.6. The molecule has 2 heterocycles. The van der Waals surface area contributed by atoms with Gasteiger partial charge in [-0.1, -0.05) is 0 Å². The first-order valence-corrected chi connectivity index (χ1v) is 6.46. The van der Waals surface area contributed by atoms with Crippen LogP contribution in [0.4, 0.5) is 13.2 Å². The van der Waals surface area contributed by atoms with Gasteiger partial charge in [0.15, 0.2) is 17.7 Å². The Morgan fingerprint density at radius 2 is 2.11 bits per heavy atom. The zero-order valence-corrected chi connectivity index (χ0v) is 10.3. The fourth-order valence-electron chi connectivity index (χ4n) is 2.07. The van der Waals surface area contributed by atoms with Gasteiger partial charge in [0.25, 0.3) is 0 Å². The van der Waals surface area contributed by atoms with Gasteiger partial charge in [0.1, 0.15) is 23.9 Å². The van der Waals surface area contributed by atoms with Crippen molar-refractivity contribution in [1.29, 1.82) is 0 Å². The highest BCUT2D eigenvalue weighted by atomic mass is 32.2. The smallest absolute Gasteiger partial charge is 0.591 e. The van der Waals surface area contributed by atoms with Crippen LogP contribution in [0.1, 0.15) is 0 Å². The number of fused-ring (bicyclic) bond motifs is 2. The molecule has 0 aromatic heterocycles. The van der Waals surface area contributed by atoms with Crippen molar-refractivity contribution in [2.24, 2.45) is 5.73 Å². The summed E-state index contributed by atoms with van der Waals surface area (Å²) in [5.74, 6) is 0. The van der Waals surface area contributed by atoms with E-state index in [1.807, 2.05) is 0 Å². The number of rotatable bonds is 3. The lowest BCUT2D eigenvalue weighted by atomic mass is 9.88. The molecule has 0 amide bonds. The van der Waals surface area contributed by atoms with Crippen molar-refractivity contribution in [2.75, 3.05) is 13.2 Å². The summed E-state index contributed by atoms with van der Waals surface area (Å²) in [6, 6.07) is -1.47. The summed E-state index contributed by atoms with van der Waals surface area (Å²) in [6.07, 6.45) is -4.44. The molecular weight excluding hydrogens is 293 g/mol. The van der Waals surface area contributed by atoms with Gasteiger partial charge in [0, 0.05) is 6.54 Å². The molecule has 0 aromatic rings. The quantitative estimate of drug-likeness (QED) is 0.442. The topological polar surface area (TPSA) is 120 Å². The maximum Gasteiger partial charge on any atom is 0.592 e. The van der Waals surface area contributed by atoms with Crippen molar-refractivity contribution in [3.8, 4) is 0 Å². The Morgan fingerprint density at radius 1 is 1.47 bits per heavy atom. The van der Waals surface area contributed by atoms with Crippen molar-refractivity contribution in [1.82, 2.24) is 4.72 Å². The average Bonchev–Trinajstić information content (AvgIpc) is 2.74. The summed E-state index contributed by atoms with van der Waals surface area (Å²) < 4.78 is 59.5. The Morgan fingerprint density at radius 3 is 2.63 bits per heavy atom. The van der Waals surface area contributed by atoms with Gasteiger partial charge in [-0.2, -0.15) is 0 Å². The largest absolute Gasteiger partial charge is 0.592 e. The van der Waals surface area contributed by atoms with Gasteiger partial charge < -0.3 is 30.0 Å². The first kappa shape index (κ1) is 15.3. The monoisotopic (exact) mass is 306 g/mol. The van der Waals surface area contributed by atoms with E-state index in [0.29, 0.717) is 0 Å². The van der Waals surface area contributed by atoms with Crippen molar-refractivity contribution in [2.45, 2.75) is 35.6 Å². The molecule has 11 heteroatoms. The fraction of sp³-hybridized carbons (Fsp3) is 1.00. The predicted octanol–water partition coefficient (Wildman–Crippen LogP) is -2.07. The average molecular weight is 306 g/mol. The Balaban J connectivity index is 2.12. The second-order valence-electron chi connectivity index (χ2n) is 4.36. The molecular formula is C8H13F3N2O5S. The fourth-order valence-corrected chi connectivity index (χ4v) is 2.70. The number of nitrogens with two attached hydrogens (primary N) is 1. The van der Waals surface area contributed by atoms with Crippen molar-refractivity contribution >= 4 is 11.4 Å². The van der Waals surface area contributed by atoms with Gasteiger partial charge in [-0.25, -0.2) is 0 Å². The molecule has 0 radical (unpaired) electrons. The number of hydrogen-bond acceptors (Lipinski definition) is 7. The normalized spacial score (nSPS) is 44.4. The van der Waals surface area contributed by atoms with Crippen LogP contribution in [-0.2, 0) is 20.8 Å². The minimum atomic E-state index is -4.99. The van der Waals surface area contributed by atoms with Gasteiger partial charge in [-0.15, -0.1) is 17.9 Å². The molecule has 2 aliphatic heterocycles. The van der Waals surface area contributed by atoms with Crippen molar-refractivity contribution < 1.29 is 37.4 Å². The van der Waals surface area contributed by atoms with Gasteiger partial charge in [0.05, 0.1) is 6.61 Å². The lowest BCUT2D eigenvalue weighted by Gasteiger charge is -2.41. The van der Waals surface area contributed by atoms with E-state index in [9.17, 15) is 27.9 Å². The minimum Gasteiger partial charge on any atom is -0.591 e. The first-order chi connectivity index (χ1) is 8.71. The van der Waals surface area contributed by atoms with Crippen LogP contribution in [0.25, 0.3) is 0 Å². The highest BCUT2D eigenvalue weighted by molar-refractivity contribution is 7.90. The van der Waals surface area contributed by atoms with E-state index >= 15 is 0 Å². The Kier molecular flexibility index (Phi) is 4.02. The molecule has 2 bridgehead atoms. The zero-order valence-electron chi connectivity index (χ0n) is 9.46. The van der Waals surface area contributed by atoms with Gasteiger partial charge in [-0.05, 0) is 0 Å². The van der Waals surface area contributed by atoms with Crippen LogP contribution < -0.4 is 10.5 Å². The zero-order chi connectivity index (χ0) is 14.4. The molecule has 0 spiro atoms. The molecule has 5 N–H and O–H groups in total. The van der Waals surface area contributed by atoms with Crippen LogP contribution >= 0.6 is 0 Å². The second-order valence-corrected chi connectivity index (χ2v) is 5.60. The molecule has 112 valence electrons. The number of ether oxygens (including phenoxy) is 2. The molecule has 0 saturated carbocycles. The molecule has 6 unspecified atom stereocenters. The van der Waals surface area contributed by atoms with Gasteiger partial charge >= 0.3 is 5.51 Å². The first-order valence-electron chi connectivity index (χ1n) is 5.32. The Bertz CT molecular complexity index is 349. The maximum atomic E-state index is 12.2. The van der Waals surface area contributed by atoms with Crippen molar-refractivity contribution in [3.63, 3.8) is 0 Å². The summed E-state index contributed by atoms with van der Waals surface area (Å²) in [7, 11) is 0. The standard InChI is InChI=1S/C8H13F3N2O5S/c9-8(10,11)19(16)13-3-4(14)5(15)7(1-12)2-17-6(3)18-7/h3-6,13-15H,1-2,12H2. The van der Waals surface area contributed by atoms with E-state index in [1.54, 1.807) is 4.72 Å². The SMILES string of the molecule is NCC12COC(O1)C(N[S+]([O-])C(F)(F)F)C(O)C2O. The number of nitrogens with one attached hydrogen (secondary N) is 1. The van der Waals surface area contributed by atoms with Crippen LogP contribution in [0.2, 0.25) is 0 Å². The molecule has 6 atom stereocenters. The third-order valence-corrected chi connectivity index (χ3v) is 4.07. The molecule has 19 heavy (non-hydrogen) atoms. The predicted molar refractivity (Wildman–Crippen MR) is 55.7 cm³/mol. The molecule has 0 aromatic carbocycles. The third-order valence-electron chi connectivity index (χ3n) is 3.17.